The molecule has 10 nitrogen and oxygen atoms in total. The van der Waals surface area contributed by atoms with E-state index in [0.717, 1.165) is 18.5 Å². The molecular weight excluding hydrogens is 502 g/mol. The number of fused-ring (bicyclic) bond motifs is 3. The van der Waals surface area contributed by atoms with E-state index in [2.05, 4.69) is 17.5 Å². The molecule has 4 aliphatic rings. The van der Waals surface area contributed by atoms with Gasteiger partial charge in [-0.3, -0.25) is 9.59 Å². The Morgan fingerprint density at radius 3 is 2.56 bits per heavy atom. The molecule has 0 spiro atoms. The number of aliphatic hydroxyl groups excluding tert-OH is 3. The summed E-state index contributed by atoms with van der Waals surface area (Å²) in [6.07, 6.45) is 6.40. The Kier molecular flexibility index (Phi) is 6.92. The molecule has 10 heteroatoms. The van der Waals surface area contributed by atoms with Crippen LogP contribution in [0.15, 0.2) is 46.8 Å². The molecule has 1 fully saturated rings. The number of carbonyl (C=O) groups excluding carboxylic acids is 2. The van der Waals surface area contributed by atoms with Crippen molar-refractivity contribution in [2.45, 2.75) is 50.5 Å². The van der Waals surface area contributed by atoms with E-state index in [9.17, 15) is 35.1 Å². The number of ketones is 2. The van der Waals surface area contributed by atoms with Gasteiger partial charge >= 0.3 is 0 Å². The standard InChI is InChI=1S/C29H35N3O7/c1-32(2)19-10-16(13-31-12-14-6-4-3-5-7-14)24(34)22-18(19)9-15-8-17-11-20(33)23(28(30)38)27(37)29(17,39)26(36)21(15)25(22)35/h3-4,6,10,15,17,28,31,34-35,37-39H,5,7-9,11-13,30H2,1-2H3/t15-,17+,28?,29+/m1/s1. The number of anilines is 1. The summed E-state index contributed by atoms with van der Waals surface area (Å²) in [7, 11) is 3.71. The zero-order chi connectivity index (χ0) is 28.2. The Morgan fingerprint density at radius 2 is 1.92 bits per heavy atom. The van der Waals surface area contributed by atoms with Crippen LogP contribution in [0.5, 0.6) is 5.75 Å². The Hall–Kier alpha value is -3.44. The van der Waals surface area contributed by atoms with Crippen LogP contribution < -0.4 is 16.0 Å². The first kappa shape index (κ1) is 27.1. The summed E-state index contributed by atoms with van der Waals surface area (Å²) in [6.45, 7) is 0.955. The van der Waals surface area contributed by atoms with Gasteiger partial charge in [0.15, 0.2) is 11.4 Å². The number of rotatable bonds is 6. The van der Waals surface area contributed by atoms with Gasteiger partial charge in [0.1, 0.15) is 23.5 Å². The third-order valence-electron chi connectivity index (χ3n) is 8.46. The lowest BCUT2D eigenvalue weighted by molar-refractivity contribution is -0.147. The van der Waals surface area contributed by atoms with Crippen molar-refractivity contribution in [3.05, 3.63) is 63.5 Å². The van der Waals surface area contributed by atoms with Crippen LogP contribution in [0.4, 0.5) is 5.69 Å². The van der Waals surface area contributed by atoms with Gasteiger partial charge in [-0.25, -0.2) is 0 Å². The Bertz CT molecular complexity index is 1370. The van der Waals surface area contributed by atoms with Crippen LogP contribution in [0, 0.1) is 11.8 Å². The van der Waals surface area contributed by atoms with Gasteiger partial charge in [-0.05, 0) is 43.2 Å². The molecule has 1 unspecified atom stereocenters. The maximum Gasteiger partial charge on any atom is 0.202 e. The van der Waals surface area contributed by atoms with Crippen LogP contribution in [0.1, 0.15) is 42.4 Å². The summed E-state index contributed by atoms with van der Waals surface area (Å²) in [4.78, 5) is 28.2. The monoisotopic (exact) mass is 537 g/mol. The molecule has 0 bridgehead atoms. The summed E-state index contributed by atoms with van der Waals surface area (Å²) in [5.41, 5.74) is 5.55. The highest BCUT2D eigenvalue weighted by molar-refractivity contribution is 6.13. The molecule has 8 N–H and O–H groups in total. The number of aromatic hydroxyl groups is 1. The highest BCUT2D eigenvalue weighted by Crippen LogP contribution is 2.53. The van der Waals surface area contributed by atoms with Gasteiger partial charge in [0, 0.05) is 56.3 Å². The van der Waals surface area contributed by atoms with E-state index < -0.39 is 52.3 Å². The predicted octanol–water partition coefficient (Wildman–Crippen LogP) is 1.65. The van der Waals surface area contributed by atoms with Crippen molar-refractivity contribution < 1.29 is 35.1 Å². The average Bonchev–Trinajstić information content (AvgIpc) is 2.87. The van der Waals surface area contributed by atoms with Crippen LogP contribution in [0.3, 0.4) is 0 Å². The lowest BCUT2D eigenvalue weighted by Crippen LogP contribution is -2.58. The summed E-state index contributed by atoms with van der Waals surface area (Å²) in [6, 6.07) is 1.86. The Labute approximate surface area is 226 Å². The van der Waals surface area contributed by atoms with Gasteiger partial charge < -0.3 is 41.5 Å². The first-order valence-electron chi connectivity index (χ1n) is 13.2. The molecule has 4 aliphatic carbocycles. The maximum absolute atomic E-state index is 13.8. The van der Waals surface area contributed by atoms with Gasteiger partial charge in [0.05, 0.1) is 11.1 Å². The lowest BCUT2D eigenvalue weighted by Gasteiger charge is -2.46. The Balaban J connectivity index is 1.57. The normalized spacial score (nSPS) is 27.2. The number of nitrogens with two attached hydrogens (primary N) is 1. The number of Topliss-reactive ketones (excluding diaryl/α,β-unsaturated/α-hetero) is 2. The molecule has 5 rings (SSSR count). The minimum atomic E-state index is -2.51. The quantitative estimate of drug-likeness (QED) is 0.264. The maximum atomic E-state index is 13.8. The fourth-order valence-corrected chi connectivity index (χ4v) is 6.49. The molecular formula is C29H35N3O7. The minimum absolute atomic E-state index is 0.114. The smallest absolute Gasteiger partial charge is 0.202 e. The van der Waals surface area contributed by atoms with Crippen LogP contribution in [-0.2, 0) is 22.6 Å². The molecule has 0 aliphatic heterocycles. The number of hydrogen-bond acceptors (Lipinski definition) is 10. The van der Waals surface area contributed by atoms with Gasteiger partial charge in [-0.15, -0.1) is 0 Å². The van der Waals surface area contributed by atoms with Gasteiger partial charge in [0.2, 0.25) is 5.78 Å². The molecule has 1 aromatic carbocycles. The molecule has 0 heterocycles. The SMILES string of the molecule is CN(C)c1cc(CNCC2=CC=CCC2)c(O)c2c1C[C@H]1C[C@H]3CC(=O)C(C(N)O)=C(O)[C@@]3(O)C(=O)C1=C2O. The van der Waals surface area contributed by atoms with E-state index in [1.807, 2.05) is 31.1 Å². The van der Waals surface area contributed by atoms with E-state index in [1.54, 1.807) is 0 Å². The third kappa shape index (κ3) is 4.28. The molecule has 4 atom stereocenters. The molecule has 0 aromatic heterocycles. The number of aliphatic hydroxyl groups is 4. The number of hydrogen-bond donors (Lipinski definition) is 7. The average molecular weight is 538 g/mol. The number of allylic oxidation sites excluding steroid dienone is 3. The van der Waals surface area contributed by atoms with Crippen LogP contribution in [-0.4, -0.2) is 69.6 Å². The van der Waals surface area contributed by atoms with E-state index in [1.165, 1.54) is 5.57 Å². The van der Waals surface area contributed by atoms with Crippen LogP contribution in [0.25, 0.3) is 5.76 Å². The highest BCUT2D eigenvalue weighted by atomic mass is 16.3. The zero-order valence-electron chi connectivity index (χ0n) is 22.1. The molecule has 1 aromatic rings. The van der Waals surface area contributed by atoms with Gasteiger partial charge in [0.25, 0.3) is 0 Å². The van der Waals surface area contributed by atoms with E-state index in [4.69, 9.17) is 5.73 Å². The first-order valence-corrected chi connectivity index (χ1v) is 13.2. The van der Waals surface area contributed by atoms with Crippen molar-refractivity contribution in [3.63, 3.8) is 0 Å². The fraction of sp³-hybridized carbons (Fsp3) is 0.448. The number of phenolic OH excluding ortho intramolecular Hbond substituents is 1. The number of phenols is 1. The second kappa shape index (κ2) is 9.95. The van der Waals surface area contributed by atoms with Crippen molar-refractivity contribution in [1.82, 2.24) is 5.32 Å². The van der Waals surface area contributed by atoms with E-state index >= 15 is 0 Å². The molecule has 208 valence electrons. The summed E-state index contributed by atoms with van der Waals surface area (Å²) in [5, 5.41) is 58.2. The fourth-order valence-electron chi connectivity index (χ4n) is 6.49. The first-order chi connectivity index (χ1) is 18.5. The van der Waals surface area contributed by atoms with Crippen LogP contribution >= 0.6 is 0 Å². The highest BCUT2D eigenvalue weighted by Gasteiger charge is 2.60. The van der Waals surface area contributed by atoms with Crippen LogP contribution in [0.2, 0.25) is 0 Å². The minimum Gasteiger partial charge on any atom is -0.508 e. The third-order valence-corrected chi connectivity index (χ3v) is 8.46. The second-order valence-corrected chi connectivity index (χ2v) is 11.1. The number of benzene rings is 1. The second-order valence-electron chi connectivity index (χ2n) is 11.1. The van der Waals surface area contributed by atoms with Crippen molar-refractivity contribution in [1.29, 1.82) is 0 Å². The van der Waals surface area contributed by atoms with E-state index in [0.29, 0.717) is 24.2 Å². The molecule has 1 saturated carbocycles. The molecule has 39 heavy (non-hydrogen) atoms. The largest absolute Gasteiger partial charge is 0.508 e. The number of nitrogens with one attached hydrogen (secondary N) is 1. The molecule has 0 radical (unpaired) electrons. The predicted molar refractivity (Wildman–Crippen MR) is 145 cm³/mol. The molecule has 0 saturated heterocycles. The van der Waals surface area contributed by atoms with E-state index in [-0.39, 0.29) is 36.1 Å². The topological polar surface area (TPSA) is 177 Å². The zero-order valence-corrected chi connectivity index (χ0v) is 22.1. The lowest BCUT2D eigenvalue weighted by atomic mass is 9.59. The molecule has 0 amide bonds. The summed E-state index contributed by atoms with van der Waals surface area (Å²) >= 11 is 0. The van der Waals surface area contributed by atoms with Gasteiger partial charge in [-0.1, -0.05) is 23.8 Å². The van der Waals surface area contributed by atoms with Gasteiger partial charge in [-0.2, -0.15) is 0 Å². The summed E-state index contributed by atoms with van der Waals surface area (Å²) < 4.78 is 0. The number of nitrogens with zero attached hydrogens (tertiary/aromatic N) is 1. The van der Waals surface area contributed by atoms with Crippen molar-refractivity contribution >= 4 is 23.0 Å². The van der Waals surface area contributed by atoms with Crippen molar-refractivity contribution in [2.75, 3.05) is 25.5 Å². The van der Waals surface area contributed by atoms with Crippen molar-refractivity contribution in [2.24, 2.45) is 17.6 Å². The number of carbonyl (C=O) groups is 2. The summed E-state index contributed by atoms with van der Waals surface area (Å²) in [5.74, 6) is -4.69. The van der Waals surface area contributed by atoms with Crippen molar-refractivity contribution in [3.8, 4) is 5.75 Å². The Morgan fingerprint density at radius 1 is 1.18 bits per heavy atom.